The number of halogens is 2. The first-order valence-electron chi connectivity index (χ1n) is 3.41. The Labute approximate surface area is 80.0 Å². The average Bonchev–Trinajstić information content (AvgIpc) is 2.04. The van der Waals surface area contributed by atoms with Gasteiger partial charge >= 0.3 is 0 Å². The molecule has 0 aliphatic carbocycles. The van der Waals surface area contributed by atoms with Crippen LogP contribution in [0.4, 0.5) is 0 Å². The van der Waals surface area contributed by atoms with Gasteiger partial charge in [-0.15, -0.1) is 0 Å². The van der Waals surface area contributed by atoms with Crippen LogP contribution < -0.4 is 4.84 Å². The Morgan fingerprint density at radius 2 is 1.91 bits per heavy atom. The van der Waals surface area contributed by atoms with Gasteiger partial charge in [0.05, 0.1) is 0 Å². The molecular formula is C8H9BrClN. The highest BCUT2D eigenvalue weighted by Crippen LogP contribution is 2.10. The van der Waals surface area contributed by atoms with Gasteiger partial charge in [0.1, 0.15) is 0 Å². The lowest BCUT2D eigenvalue weighted by Gasteiger charge is -1.98. The summed E-state index contributed by atoms with van der Waals surface area (Å²) in [6, 6.07) is 8.23. The molecule has 1 N–H and O–H groups in total. The number of rotatable bonds is 3. The van der Waals surface area contributed by atoms with E-state index in [-0.39, 0.29) is 0 Å². The number of hydrogen-bond acceptors (Lipinski definition) is 1. The predicted octanol–water partition coefficient (Wildman–Crippen LogP) is 2.74. The second kappa shape index (κ2) is 4.75. The lowest BCUT2D eigenvalue weighted by Crippen LogP contribution is -2.03. The van der Waals surface area contributed by atoms with E-state index in [1.807, 2.05) is 12.1 Å². The van der Waals surface area contributed by atoms with Crippen LogP contribution in [0.2, 0.25) is 0 Å². The summed E-state index contributed by atoms with van der Waals surface area (Å²) < 4.78 is 1.11. The fraction of sp³-hybridized carbons (Fsp3) is 0.250. The molecule has 0 fully saturated rings. The second-order valence-corrected chi connectivity index (χ2v) is 3.44. The van der Waals surface area contributed by atoms with Gasteiger partial charge < -0.3 is 0 Å². The van der Waals surface area contributed by atoms with E-state index in [1.165, 1.54) is 5.56 Å². The van der Waals surface area contributed by atoms with Crippen molar-refractivity contribution in [1.82, 2.24) is 4.84 Å². The summed E-state index contributed by atoms with van der Waals surface area (Å²) in [7, 11) is 0. The summed E-state index contributed by atoms with van der Waals surface area (Å²) in [6.07, 6.45) is 0.969. The Kier molecular flexibility index (Phi) is 3.91. The van der Waals surface area contributed by atoms with Crippen molar-refractivity contribution < 1.29 is 0 Å². The van der Waals surface area contributed by atoms with Crippen LogP contribution in [-0.2, 0) is 6.42 Å². The monoisotopic (exact) mass is 233 g/mol. The minimum absolute atomic E-state index is 0.809. The van der Waals surface area contributed by atoms with E-state index in [2.05, 4.69) is 32.9 Å². The van der Waals surface area contributed by atoms with Gasteiger partial charge in [0.2, 0.25) is 0 Å². The normalized spacial score (nSPS) is 10.0. The van der Waals surface area contributed by atoms with Gasteiger partial charge in [0, 0.05) is 11.0 Å². The van der Waals surface area contributed by atoms with Crippen molar-refractivity contribution in [2.75, 3.05) is 6.54 Å². The molecular weight excluding hydrogens is 225 g/mol. The van der Waals surface area contributed by atoms with Crippen LogP contribution in [0.15, 0.2) is 28.7 Å². The molecule has 1 aromatic rings. The minimum atomic E-state index is 0.809. The molecule has 0 bridgehead atoms. The van der Waals surface area contributed by atoms with E-state index in [1.54, 1.807) is 0 Å². The molecule has 3 heteroatoms. The lowest BCUT2D eigenvalue weighted by molar-refractivity contribution is 0.899. The molecule has 0 saturated carbocycles. The van der Waals surface area contributed by atoms with Crippen molar-refractivity contribution >= 4 is 27.7 Å². The van der Waals surface area contributed by atoms with Crippen molar-refractivity contribution in [3.05, 3.63) is 34.3 Å². The smallest absolute Gasteiger partial charge is 0.0175 e. The molecule has 0 spiro atoms. The fourth-order valence-corrected chi connectivity index (χ4v) is 1.20. The van der Waals surface area contributed by atoms with Crippen molar-refractivity contribution in [3.63, 3.8) is 0 Å². The summed E-state index contributed by atoms with van der Waals surface area (Å²) in [5.74, 6) is 0. The summed E-state index contributed by atoms with van der Waals surface area (Å²) >= 11 is 8.70. The Balaban J connectivity index is 2.52. The predicted molar refractivity (Wildman–Crippen MR) is 51.7 cm³/mol. The van der Waals surface area contributed by atoms with Crippen LogP contribution in [0.3, 0.4) is 0 Å². The van der Waals surface area contributed by atoms with Crippen LogP contribution in [-0.4, -0.2) is 6.54 Å². The average molecular weight is 235 g/mol. The summed E-state index contributed by atoms with van der Waals surface area (Å²) in [4.78, 5) is 2.59. The molecule has 0 aliphatic heterocycles. The van der Waals surface area contributed by atoms with Gasteiger partial charge in [0.25, 0.3) is 0 Å². The third-order valence-corrected chi connectivity index (χ3v) is 2.14. The maximum atomic E-state index is 5.32. The van der Waals surface area contributed by atoms with Crippen LogP contribution in [0.1, 0.15) is 5.56 Å². The molecule has 0 aromatic heterocycles. The highest BCUT2D eigenvalue weighted by molar-refractivity contribution is 9.10. The van der Waals surface area contributed by atoms with Crippen LogP contribution >= 0.6 is 27.7 Å². The lowest BCUT2D eigenvalue weighted by atomic mass is 10.2. The SMILES string of the molecule is ClNCCc1ccc(Br)cc1. The number of benzene rings is 1. The quantitative estimate of drug-likeness (QED) is 0.793. The highest BCUT2D eigenvalue weighted by Gasteiger charge is 1.90. The first kappa shape index (κ1) is 9.04. The van der Waals surface area contributed by atoms with E-state index in [0.717, 1.165) is 17.4 Å². The van der Waals surface area contributed by atoms with Gasteiger partial charge in [-0.2, -0.15) is 0 Å². The summed E-state index contributed by atoms with van der Waals surface area (Å²) in [5.41, 5.74) is 1.29. The minimum Gasteiger partial charge on any atom is -0.233 e. The molecule has 0 unspecified atom stereocenters. The molecule has 11 heavy (non-hydrogen) atoms. The van der Waals surface area contributed by atoms with E-state index < -0.39 is 0 Å². The number of nitrogens with one attached hydrogen (secondary N) is 1. The van der Waals surface area contributed by atoms with Crippen molar-refractivity contribution in [1.29, 1.82) is 0 Å². The van der Waals surface area contributed by atoms with Gasteiger partial charge in [-0.25, -0.2) is 4.84 Å². The standard InChI is InChI=1S/C8H9BrClN/c9-8-3-1-7(2-4-8)5-6-11-10/h1-4,11H,5-6H2. The molecule has 0 aliphatic rings. The third kappa shape index (κ3) is 3.23. The zero-order valence-corrected chi connectivity index (χ0v) is 8.32. The van der Waals surface area contributed by atoms with Crippen molar-refractivity contribution in [3.8, 4) is 0 Å². The number of hydrogen-bond donors (Lipinski definition) is 1. The zero-order valence-electron chi connectivity index (χ0n) is 5.98. The first-order valence-corrected chi connectivity index (χ1v) is 4.58. The Morgan fingerprint density at radius 3 is 2.45 bits per heavy atom. The largest absolute Gasteiger partial charge is 0.233 e. The maximum absolute atomic E-state index is 5.32. The van der Waals surface area contributed by atoms with Crippen molar-refractivity contribution in [2.45, 2.75) is 6.42 Å². The fourth-order valence-electron chi connectivity index (χ4n) is 0.843. The van der Waals surface area contributed by atoms with E-state index in [9.17, 15) is 0 Å². The van der Waals surface area contributed by atoms with Crippen LogP contribution in [0.5, 0.6) is 0 Å². The topological polar surface area (TPSA) is 12.0 Å². The molecule has 60 valence electrons. The Hall–Kier alpha value is -0.0500. The van der Waals surface area contributed by atoms with Gasteiger partial charge in [-0.05, 0) is 35.9 Å². The second-order valence-electron chi connectivity index (χ2n) is 2.26. The molecule has 0 saturated heterocycles. The highest BCUT2D eigenvalue weighted by atomic mass is 79.9. The van der Waals surface area contributed by atoms with Gasteiger partial charge in [-0.1, -0.05) is 28.1 Å². The van der Waals surface area contributed by atoms with Crippen LogP contribution in [0.25, 0.3) is 0 Å². The Morgan fingerprint density at radius 1 is 1.27 bits per heavy atom. The first-order chi connectivity index (χ1) is 5.33. The van der Waals surface area contributed by atoms with Crippen molar-refractivity contribution in [2.24, 2.45) is 0 Å². The van der Waals surface area contributed by atoms with Gasteiger partial charge in [-0.3, -0.25) is 0 Å². The molecule has 0 radical (unpaired) electrons. The Bertz CT molecular complexity index is 210. The molecule has 0 atom stereocenters. The van der Waals surface area contributed by atoms with E-state index >= 15 is 0 Å². The third-order valence-electron chi connectivity index (χ3n) is 1.42. The maximum Gasteiger partial charge on any atom is 0.0175 e. The molecule has 1 aromatic carbocycles. The van der Waals surface area contributed by atoms with E-state index in [0.29, 0.717) is 0 Å². The summed E-state index contributed by atoms with van der Waals surface area (Å²) in [5, 5.41) is 0. The van der Waals surface area contributed by atoms with Gasteiger partial charge in [0.15, 0.2) is 0 Å². The summed E-state index contributed by atoms with van der Waals surface area (Å²) in [6.45, 7) is 0.809. The molecule has 1 nitrogen and oxygen atoms in total. The van der Waals surface area contributed by atoms with E-state index in [4.69, 9.17) is 11.8 Å². The molecule has 0 heterocycles. The molecule has 1 rings (SSSR count). The molecule has 0 amide bonds. The van der Waals surface area contributed by atoms with Crippen LogP contribution in [0, 0.1) is 0 Å². The zero-order chi connectivity index (χ0) is 8.10.